The highest BCUT2D eigenvalue weighted by Crippen LogP contribution is 2.40. The number of ether oxygens (including phenoxy) is 1. The molecule has 0 fully saturated rings. The van der Waals surface area contributed by atoms with E-state index in [-0.39, 0.29) is 23.8 Å². The van der Waals surface area contributed by atoms with E-state index < -0.39 is 85.9 Å². The van der Waals surface area contributed by atoms with Crippen LogP contribution in [0.2, 0.25) is 0 Å². The van der Waals surface area contributed by atoms with Crippen LogP contribution in [0.1, 0.15) is 21.5 Å². The zero-order valence-corrected chi connectivity index (χ0v) is 18.3. The molecule has 0 unspecified atom stereocenters. The van der Waals surface area contributed by atoms with Gasteiger partial charge in [0.2, 0.25) is 11.2 Å². The number of phenols is 4. The molecule has 4 rings (SSSR count). The van der Waals surface area contributed by atoms with Crippen molar-refractivity contribution in [2.75, 3.05) is 0 Å². The first-order valence-corrected chi connectivity index (χ1v) is 10.1. The molecule has 0 amide bonds. The minimum Gasteiger partial charge on any atom is -0.508 e. The molecule has 0 aliphatic rings. The van der Waals surface area contributed by atoms with Crippen LogP contribution < -0.4 is 10.2 Å². The highest BCUT2D eigenvalue weighted by molar-refractivity contribution is 5.94. The van der Waals surface area contributed by atoms with Crippen LogP contribution in [-0.2, 0) is 12.4 Å². The maximum absolute atomic E-state index is 13.2. The van der Waals surface area contributed by atoms with Crippen LogP contribution >= 0.6 is 0 Å². The van der Waals surface area contributed by atoms with Crippen LogP contribution in [0.15, 0.2) is 57.7 Å². The number of carbonyl (C=O) groups excluding carboxylic acids is 1. The van der Waals surface area contributed by atoms with Crippen LogP contribution in [0.4, 0.5) is 26.3 Å². The van der Waals surface area contributed by atoms with Crippen molar-refractivity contribution < 1.29 is 60.7 Å². The predicted molar refractivity (Wildman–Crippen MR) is 116 cm³/mol. The van der Waals surface area contributed by atoms with Gasteiger partial charge in [0, 0.05) is 17.7 Å². The van der Waals surface area contributed by atoms with Gasteiger partial charge >= 0.3 is 18.3 Å². The number of rotatable bonds is 3. The van der Waals surface area contributed by atoms with Crippen molar-refractivity contribution in [2.24, 2.45) is 0 Å². The largest absolute Gasteiger partial charge is 0.508 e. The molecule has 14 heteroatoms. The smallest absolute Gasteiger partial charge is 0.416 e. The second-order valence-corrected chi connectivity index (χ2v) is 7.82. The second kappa shape index (κ2) is 8.90. The molecule has 0 aliphatic heterocycles. The van der Waals surface area contributed by atoms with Gasteiger partial charge in [-0.3, -0.25) is 4.79 Å². The Kier molecular flexibility index (Phi) is 6.13. The summed E-state index contributed by atoms with van der Waals surface area (Å²) < 4.78 is 89.7. The van der Waals surface area contributed by atoms with Gasteiger partial charge in [0.25, 0.3) is 0 Å². The maximum atomic E-state index is 13.2. The molecular formula is C24H12F6O8. The van der Waals surface area contributed by atoms with Crippen LogP contribution in [-0.4, -0.2) is 26.4 Å². The van der Waals surface area contributed by atoms with Crippen molar-refractivity contribution in [1.82, 2.24) is 0 Å². The Morgan fingerprint density at radius 2 is 1.37 bits per heavy atom. The Labute approximate surface area is 206 Å². The van der Waals surface area contributed by atoms with Gasteiger partial charge in [0.15, 0.2) is 17.3 Å². The van der Waals surface area contributed by atoms with Gasteiger partial charge in [-0.05, 0) is 36.4 Å². The molecule has 3 aromatic carbocycles. The van der Waals surface area contributed by atoms with Gasteiger partial charge in [-0.1, -0.05) is 0 Å². The van der Waals surface area contributed by atoms with E-state index >= 15 is 0 Å². The quantitative estimate of drug-likeness (QED) is 0.151. The van der Waals surface area contributed by atoms with Gasteiger partial charge in [-0.15, -0.1) is 0 Å². The molecular weight excluding hydrogens is 530 g/mol. The zero-order valence-electron chi connectivity index (χ0n) is 18.3. The standard InChI is InChI=1S/C24H12F6O8/c25-23(26,27)11-3-10(4-12(6-11)24(28,29)30)22(36)38-21-19(35)18-16(34)7-13(31)8-17(18)37-20(21)9-1-2-14(32)15(33)5-9/h1-8,31-34H. The Morgan fingerprint density at radius 3 is 1.92 bits per heavy atom. The first-order valence-electron chi connectivity index (χ1n) is 10.1. The Morgan fingerprint density at radius 1 is 0.763 bits per heavy atom. The van der Waals surface area contributed by atoms with Gasteiger partial charge in [-0.2, -0.15) is 26.3 Å². The minimum absolute atomic E-state index is 0.0851. The number of phenolic OH excluding ortho intramolecular Hbond substituents is 4. The van der Waals surface area contributed by atoms with Crippen molar-refractivity contribution in [1.29, 1.82) is 0 Å². The van der Waals surface area contributed by atoms with E-state index in [0.29, 0.717) is 0 Å². The lowest BCUT2D eigenvalue weighted by atomic mass is 10.0. The maximum Gasteiger partial charge on any atom is 0.416 e. The molecule has 4 aromatic rings. The molecule has 0 radical (unpaired) electrons. The number of benzene rings is 3. The Balaban J connectivity index is 1.95. The third-order valence-electron chi connectivity index (χ3n) is 5.17. The summed E-state index contributed by atoms with van der Waals surface area (Å²) in [6.45, 7) is 0. The normalized spacial score (nSPS) is 12.1. The monoisotopic (exact) mass is 542 g/mol. The van der Waals surface area contributed by atoms with E-state index in [0.717, 1.165) is 30.3 Å². The van der Waals surface area contributed by atoms with Crippen LogP contribution in [0.3, 0.4) is 0 Å². The van der Waals surface area contributed by atoms with E-state index in [4.69, 9.17) is 9.15 Å². The third-order valence-corrected chi connectivity index (χ3v) is 5.17. The van der Waals surface area contributed by atoms with Crippen molar-refractivity contribution in [2.45, 2.75) is 12.4 Å². The summed E-state index contributed by atoms with van der Waals surface area (Å²) in [5.74, 6) is -6.37. The number of alkyl halides is 6. The van der Waals surface area contributed by atoms with Crippen molar-refractivity contribution >= 4 is 16.9 Å². The number of hydrogen-bond acceptors (Lipinski definition) is 8. The second-order valence-electron chi connectivity index (χ2n) is 7.82. The summed E-state index contributed by atoms with van der Waals surface area (Å²) in [4.78, 5) is 26.0. The first-order chi connectivity index (χ1) is 17.6. The van der Waals surface area contributed by atoms with Crippen LogP contribution in [0.5, 0.6) is 28.7 Å². The van der Waals surface area contributed by atoms with Gasteiger partial charge in [0.1, 0.15) is 22.5 Å². The molecule has 0 spiro atoms. The average Bonchev–Trinajstić information content (AvgIpc) is 2.80. The molecule has 0 atom stereocenters. The molecule has 1 aromatic heterocycles. The van der Waals surface area contributed by atoms with Crippen molar-refractivity contribution in [3.05, 3.63) is 75.4 Å². The van der Waals surface area contributed by atoms with Gasteiger partial charge in [0.05, 0.1) is 16.7 Å². The van der Waals surface area contributed by atoms with E-state index in [9.17, 15) is 56.4 Å². The summed E-state index contributed by atoms with van der Waals surface area (Å²) in [5.41, 5.74) is -6.87. The fourth-order valence-corrected chi connectivity index (χ4v) is 3.44. The molecule has 4 N–H and O–H groups in total. The SMILES string of the molecule is O=C(Oc1c(-c2ccc(O)c(O)c2)oc2cc(O)cc(O)c2c1=O)c1cc(C(F)(F)F)cc(C(F)(F)F)c1. The van der Waals surface area contributed by atoms with E-state index in [1.165, 1.54) is 0 Å². The number of aromatic hydroxyl groups is 4. The molecule has 0 saturated carbocycles. The van der Waals surface area contributed by atoms with Crippen molar-refractivity contribution in [3.63, 3.8) is 0 Å². The number of halogens is 6. The molecule has 198 valence electrons. The lowest BCUT2D eigenvalue weighted by molar-refractivity contribution is -0.143. The fourth-order valence-electron chi connectivity index (χ4n) is 3.44. The topological polar surface area (TPSA) is 137 Å². The highest BCUT2D eigenvalue weighted by atomic mass is 19.4. The highest BCUT2D eigenvalue weighted by Gasteiger charge is 2.38. The minimum atomic E-state index is -5.28. The van der Waals surface area contributed by atoms with Crippen LogP contribution in [0, 0.1) is 0 Å². The fraction of sp³-hybridized carbons (Fsp3) is 0.0833. The molecule has 0 saturated heterocycles. The van der Waals surface area contributed by atoms with Crippen molar-refractivity contribution in [3.8, 4) is 40.1 Å². The van der Waals surface area contributed by atoms with E-state index in [1.54, 1.807) is 0 Å². The number of esters is 1. The number of fused-ring (bicyclic) bond motifs is 1. The zero-order chi connectivity index (χ0) is 28.2. The summed E-state index contributed by atoms with van der Waals surface area (Å²) in [7, 11) is 0. The molecule has 38 heavy (non-hydrogen) atoms. The van der Waals surface area contributed by atoms with E-state index in [1.807, 2.05) is 0 Å². The molecule has 1 heterocycles. The summed E-state index contributed by atoms with van der Waals surface area (Å²) in [6, 6.07) is 4.40. The summed E-state index contributed by atoms with van der Waals surface area (Å²) >= 11 is 0. The number of hydrogen-bond donors (Lipinski definition) is 4. The van der Waals surface area contributed by atoms with Gasteiger partial charge < -0.3 is 29.6 Å². The summed E-state index contributed by atoms with van der Waals surface area (Å²) in [6.07, 6.45) is -10.6. The summed E-state index contributed by atoms with van der Waals surface area (Å²) in [5, 5.41) is 38.6. The Hall–Kier alpha value is -4.88. The predicted octanol–water partition coefficient (Wildman–Crippen LogP) is 5.54. The molecule has 0 bridgehead atoms. The Bertz CT molecular complexity index is 1620. The third kappa shape index (κ3) is 4.87. The lowest BCUT2D eigenvalue weighted by Crippen LogP contribution is -2.19. The average molecular weight is 542 g/mol. The molecule has 8 nitrogen and oxygen atoms in total. The lowest BCUT2D eigenvalue weighted by Gasteiger charge is -2.15. The molecule has 0 aliphatic carbocycles. The number of carbonyl (C=O) groups is 1. The van der Waals surface area contributed by atoms with Crippen LogP contribution in [0.25, 0.3) is 22.3 Å². The van der Waals surface area contributed by atoms with Gasteiger partial charge in [-0.25, -0.2) is 4.79 Å². The van der Waals surface area contributed by atoms with E-state index in [2.05, 4.69) is 0 Å². The first kappa shape index (κ1) is 26.2.